The van der Waals surface area contributed by atoms with Crippen molar-refractivity contribution in [2.24, 2.45) is 0 Å². The Hall–Kier alpha value is -3.40. The Morgan fingerprint density at radius 1 is 1.22 bits per heavy atom. The van der Waals surface area contributed by atoms with Crippen molar-refractivity contribution in [3.05, 3.63) is 42.0 Å². The molecule has 1 aromatic carbocycles. The molecule has 0 spiro atoms. The first kappa shape index (κ1) is 14.5. The van der Waals surface area contributed by atoms with Gasteiger partial charge in [-0.2, -0.15) is 10.2 Å². The second-order valence-electron chi connectivity index (χ2n) is 4.71. The average Bonchev–Trinajstić information content (AvgIpc) is 2.98. The molecule has 23 heavy (non-hydrogen) atoms. The largest absolute Gasteiger partial charge is 0.418 e. The molecule has 7 heteroatoms. The van der Waals surface area contributed by atoms with E-state index in [9.17, 15) is 4.79 Å². The maximum atomic E-state index is 11.5. The maximum Gasteiger partial charge on any atom is 0.320 e. The molecule has 0 fully saturated rings. The first-order chi connectivity index (χ1) is 11.2. The summed E-state index contributed by atoms with van der Waals surface area (Å²) in [7, 11) is 0. The van der Waals surface area contributed by atoms with Crippen LogP contribution in [0.5, 0.6) is 0 Å². The molecule has 0 aliphatic carbocycles. The summed E-state index contributed by atoms with van der Waals surface area (Å²) in [4.78, 5) is 20.1. The van der Waals surface area contributed by atoms with Crippen LogP contribution in [0.1, 0.15) is 12.5 Å². The zero-order chi connectivity index (χ0) is 16.2. The van der Waals surface area contributed by atoms with Crippen LogP contribution < -0.4 is 10.6 Å². The van der Waals surface area contributed by atoms with E-state index in [0.717, 1.165) is 5.56 Å². The third kappa shape index (κ3) is 3.11. The van der Waals surface area contributed by atoms with Gasteiger partial charge in [0.1, 0.15) is 11.3 Å². The molecule has 3 aromatic rings. The second kappa shape index (κ2) is 6.15. The van der Waals surface area contributed by atoms with Gasteiger partial charge >= 0.3 is 6.03 Å². The van der Waals surface area contributed by atoms with Gasteiger partial charge in [0.2, 0.25) is 11.6 Å². The van der Waals surface area contributed by atoms with Crippen LogP contribution in [-0.4, -0.2) is 22.5 Å². The predicted molar refractivity (Wildman–Crippen MR) is 84.7 cm³/mol. The minimum Gasteiger partial charge on any atom is -0.418 e. The zero-order valence-corrected chi connectivity index (χ0v) is 12.3. The Labute approximate surface area is 132 Å². The van der Waals surface area contributed by atoms with Crippen molar-refractivity contribution in [3.63, 3.8) is 0 Å². The summed E-state index contributed by atoms with van der Waals surface area (Å²) in [6.07, 6.45) is 0. The molecule has 0 saturated heterocycles. The highest BCUT2D eigenvalue weighted by Gasteiger charge is 2.11. The van der Waals surface area contributed by atoms with Gasteiger partial charge < -0.3 is 9.73 Å². The van der Waals surface area contributed by atoms with Gasteiger partial charge in [-0.05, 0) is 43.3 Å². The van der Waals surface area contributed by atoms with E-state index < -0.39 is 0 Å². The van der Waals surface area contributed by atoms with E-state index in [1.54, 1.807) is 36.4 Å². The lowest BCUT2D eigenvalue weighted by molar-refractivity contribution is 0.252. The number of hydrogen-bond acceptors (Lipinski definition) is 5. The van der Waals surface area contributed by atoms with Crippen LogP contribution in [0.25, 0.3) is 22.7 Å². The van der Waals surface area contributed by atoms with E-state index in [0.29, 0.717) is 35.0 Å². The lowest BCUT2D eigenvalue weighted by atomic mass is 10.1. The first-order valence-corrected chi connectivity index (χ1v) is 7.02. The molecule has 7 nitrogen and oxygen atoms in total. The molecule has 2 amide bonds. The Kier molecular flexibility index (Phi) is 3.89. The number of pyridine rings is 1. The molecule has 2 heterocycles. The number of hydrogen-bond donors (Lipinski definition) is 2. The number of oxazole rings is 1. The quantitative estimate of drug-likeness (QED) is 0.774. The van der Waals surface area contributed by atoms with Crippen molar-refractivity contribution in [1.29, 1.82) is 5.26 Å². The highest BCUT2D eigenvalue weighted by molar-refractivity contribution is 5.89. The minimum atomic E-state index is -0.328. The van der Waals surface area contributed by atoms with Crippen molar-refractivity contribution in [3.8, 4) is 17.5 Å². The van der Waals surface area contributed by atoms with Crippen LogP contribution in [0, 0.1) is 11.3 Å². The molecule has 0 aliphatic rings. The van der Waals surface area contributed by atoms with E-state index in [2.05, 4.69) is 26.7 Å². The van der Waals surface area contributed by atoms with Crippen molar-refractivity contribution >= 4 is 23.1 Å². The molecule has 3 rings (SSSR count). The van der Waals surface area contributed by atoms with Gasteiger partial charge in [0.15, 0.2) is 0 Å². The monoisotopic (exact) mass is 307 g/mol. The highest BCUT2D eigenvalue weighted by Crippen LogP contribution is 2.24. The second-order valence-corrected chi connectivity index (χ2v) is 4.71. The highest BCUT2D eigenvalue weighted by atomic mass is 16.4. The number of benzene rings is 1. The Morgan fingerprint density at radius 3 is 2.70 bits per heavy atom. The molecule has 114 valence electrons. The lowest BCUT2D eigenvalue weighted by Crippen LogP contribution is -2.28. The normalized spacial score (nSPS) is 10.3. The lowest BCUT2D eigenvalue weighted by Gasteiger charge is -2.03. The molecule has 0 bridgehead atoms. The zero-order valence-electron chi connectivity index (χ0n) is 12.3. The Balaban J connectivity index is 1.89. The summed E-state index contributed by atoms with van der Waals surface area (Å²) in [6, 6.07) is 12.0. The predicted octanol–water partition coefficient (Wildman–Crippen LogP) is 2.90. The van der Waals surface area contributed by atoms with Gasteiger partial charge in [-0.15, -0.1) is 0 Å². The number of nitriles is 1. The number of aromatic nitrogens is 2. The smallest absolute Gasteiger partial charge is 0.320 e. The third-order valence-electron chi connectivity index (χ3n) is 3.10. The number of amides is 2. The van der Waals surface area contributed by atoms with Crippen molar-refractivity contribution in [2.45, 2.75) is 6.92 Å². The standard InChI is InChI=1S/C16H13N5O2/c1-2-18-16(22)21-13-8-7-12-15(20-13)23-14(19-12)11-5-3-10(9-17)4-6-11/h3-8H,2H2,1H3,(H2,18,20,21,22). The maximum absolute atomic E-state index is 11.5. The van der Waals surface area contributed by atoms with Crippen LogP contribution in [-0.2, 0) is 0 Å². The fourth-order valence-corrected chi connectivity index (χ4v) is 2.02. The van der Waals surface area contributed by atoms with E-state index in [-0.39, 0.29) is 6.03 Å². The molecule has 0 saturated carbocycles. The minimum absolute atomic E-state index is 0.328. The SMILES string of the molecule is CCNC(=O)Nc1ccc2nc(-c3ccc(C#N)cc3)oc2n1. The van der Waals surface area contributed by atoms with Crippen LogP contribution >= 0.6 is 0 Å². The number of carbonyl (C=O) groups is 1. The molecule has 2 aromatic heterocycles. The summed E-state index contributed by atoms with van der Waals surface area (Å²) in [5.74, 6) is 0.790. The molecule has 0 atom stereocenters. The number of nitrogens with one attached hydrogen (secondary N) is 2. The molecular weight excluding hydrogens is 294 g/mol. The van der Waals surface area contributed by atoms with Gasteiger partial charge in [-0.3, -0.25) is 5.32 Å². The molecule has 0 unspecified atom stereocenters. The molecule has 2 N–H and O–H groups in total. The molecule has 0 radical (unpaired) electrons. The van der Waals surface area contributed by atoms with Crippen LogP contribution in [0.15, 0.2) is 40.8 Å². The third-order valence-corrected chi connectivity index (χ3v) is 3.10. The summed E-state index contributed by atoms with van der Waals surface area (Å²) in [5, 5.41) is 14.1. The summed E-state index contributed by atoms with van der Waals surface area (Å²) in [6.45, 7) is 2.36. The number of urea groups is 1. The van der Waals surface area contributed by atoms with Gasteiger partial charge in [0.05, 0.1) is 11.6 Å². The fraction of sp³-hybridized carbons (Fsp3) is 0.125. The van der Waals surface area contributed by atoms with Gasteiger partial charge in [-0.1, -0.05) is 0 Å². The topological polar surface area (TPSA) is 104 Å². The van der Waals surface area contributed by atoms with E-state index in [1.807, 2.05) is 6.92 Å². The van der Waals surface area contributed by atoms with Crippen molar-refractivity contribution < 1.29 is 9.21 Å². The summed E-state index contributed by atoms with van der Waals surface area (Å²) >= 11 is 0. The van der Waals surface area contributed by atoms with Crippen LogP contribution in [0.2, 0.25) is 0 Å². The van der Waals surface area contributed by atoms with Crippen molar-refractivity contribution in [1.82, 2.24) is 15.3 Å². The van der Waals surface area contributed by atoms with Crippen LogP contribution in [0.3, 0.4) is 0 Å². The Morgan fingerprint density at radius 2 is 2.00 bits per heavy atom. The van der Waals surface area contributed by atoms with Gasteiger partial charge in [0, 0.05) is 12.1 Å². The Bertz CT molecular complexity index is 893. The number of carbonyl (C=O) groups excluding carboxylic acids is 1. The van der Waals surface area contributed by atoms with E-state index in [4.69, 9.17) is 9.68 Å². The fourth-order valence-electron chi connectivity index (χ4n) is 2.02. The van der Waals surface area contributed by atoms with E-state index in [1.165, 1.54) is 0 Å². The molecule has 0 aliphatic heterocycles. The average molecular weight is 307 g/mol. The molecular formula is C16H13N5O2. The van der Waals surface area contributed by atoms with Crippen molar-refractivity contribution in [2.75, 3.05) is 11.9 Å². The first-order valence-electron chi connectivity index (χ1n) is 7.02. The van der Waals surface area contributed by atoms with Gasteiger partial charge in [-0.25, -0.2) is 9.78 Å². The van der Waals surface area contributed by atoms with Gasteiger partial charge in [0.25, 0.3) is 0 Å². The number of anilines is 1. The van der Waals surface area contributed by atoms with E-state index >= 15 is 0 Å². The number of fused-ring (bicyclic) bond motifs is 1. The number of nitrogens with zero attached hydrogens (tertiary/aromatic N) is 3. The number of rotatable bonds is 3. The summed E-state index contributed by atoms with van der Waals surface area (Å²) in [5.41, 5.74) is 2.24. The summed E-state index contributed by atoms with van der Waals surface area (Å²) < 4.78 is 5.63. The van der Waals surface area contributed by atoms with Crippen LogP contribution in [0.4, 0.5) is 10.6 Å².